The number of aliphatic hydroxyl groups is 1. The van der Waals surface area contributed by atoms with E-state index in [9.17, 15) is 27.5 Å². The first-order chi connectivity index (χ1) is 23.1. The molecule has 2 aromatic carbocycles. The fourth-order valence-electron chi connectivity index (χ4n) is 6.02. The van der Waals surface area contributed by atoms with Crippen molar-refractivity contribution in [2.75, 3.05) is 32.9 Å². The number of allylic oxidation sites excluding steroid dienone is 2. The van der Waals surface area contributed by atoms with Crippen LogP contribution in [0.3, 0.4) is 0 Å². The highest BCUT2D eigenvalue weighted by atomic mass is 19.4. The van der Waals surface area contributed by atoms with Crippen LogP contribution in [-0.2, 0) is 9.53 Å². The number of carbonyl (C=O) groups excluding carboxylic acids is 1. The Hall–Kier alpha value is -4.55. The summed E-state index contributed by atoms with van der Waals surface area (Å²) in [7, 11) is 0. The van der Waals surface area contributed by atoms with Crippen molar-refractivity contribution in [3.63, 3.8) is 0 Å². The third-order valence-electron chi connectivity index (χ3n) is 8.86. The number of nitrogens with zero attached hydrogens (tertiary/aromatic N) is 3. The predicted octanol–water partition coefficient (Wildman–Crippen LogP) is 6.72. The van der Waals surface area contributed by atoms with E-state index in [1.165, 1.54) is 12.3 Å². The number of morpholine rings is 1. The van der Waals surface area contributed by atoms with E-state index < -0.39 is 18.5 Å². The van der Waals surface area contributed by atoms with Gasteiger partial charge < -0.3 is 19.5 Å². The van der Waals surface area contributed by atoms with Gasteiger partial charge in [0, 0.05) is 36.3 Å². The molecule has 6 rings (SSSR count). The highest BCUT2D eigenvalue weighted by Gasteiger charge is 2.42. The highest BCUT2D eigenvalue weighted by Crippen LogP contribution is 2.50. The Morgan fingerprint density at radius 2 is 1.90 bits per heavy atom. The molecule has 0 bridgehead atoms. The third kappa shape index (κ3) is 8.11. The molecular formula is C36H36F4N4O4. The van der Waals surface area contributed by atoms with Crippen molar-refractivity contribution in [2.24, 2.45) is 5.41 Å². The first-order valence-corrected chi connectivity index (χ1v) is 15.9. The molecule has 1 atom stereocenters. The molecule has 1 saturated heterocycles. The molecule has 1 aliphatic carbocycles. The van der Waals surface area contributed by atoms with Crippen LogP contribution >= 0.6 is 0 Å². The first kappa shape index (κ1) is 33.4. The van der Waals surface area contributed by atoms with Crippen molar-refractivity contribution in [3.05, 3.63) is 102 Å². The van der Waals surface area contributed by atoms with E-state index in [1.807, 2.05) is 6.08 Å². The average Bonchev–Trinajstić information content (AvgIpc) is 3.78. The molecule has 1 amide bonds. The monoisotopic (exact) mass is 664 g/mol. The number of hydrogen-bond acceptors (Lipinski definition) is 6. The summed E-state index contributed by atoms with van der Waals surface area (Å²) in [4.78, 5) is 18.7. The van der Waals surface area contributed by atoms with Crippen molar-refractivity contribution in [1.82, 2.24) is 20.1 Å². The maximum Gasteiger partial charge on any atom is 0.393 e. The van der Waals surface area contributed by atoms with Gasteiger partial charge in [0.15, 0.2) is 0 Å². The summed E-state index contributed by atoms with van der Waals surface area (Å²) in [6.07, 6.45) is 2.35. The van der Waals surface area contributed by atoms with Gasteiger partial charge in [0.05, 0.1) is 43.2 Å². The van der Waals surface area contributed by atoms with Crippen molar-refractivity contribution >= 4 is 28.0 Å². The van der Waals surface area contributed by atoms with Gasteiger partial charge >= 0.3 is 6.18 Å². The van der Waals surface area contributed by atoms with E-state index in [2.05, 4.69) is 15.2 Å². The maximum absolute atomic E-state index is 14.5. The van der Waals surface area contributed by atoms with Crippen molar-refractivity contribution in [1.29, 1.82) is 0 Å². The van der Waals surface area contributed by atoms with Crippen molar-refractivity contribution < 1.29 is 36.9 Å². The number of H-pyrrole nitrogens is 1. The molecule has 0 unspecified atom stereocenters. The zero-order valence-electron chi connectivity index (χ0n) is 26.2. The van der Waals surface area contributed by atoms with Crippen LogP contribution in [0.1, 0.15) is 48.8 Å². The number of rotatable bonds is 12. The second-order valence-electron chi connectivity index (χ2n) is 12.4. The van der Waals surface area contributed by atoms with Crippen LogP contribution in [0, 0.1) is 11.4 Å². The SMILES string of the molecule is O=C(/C=C/CCC1(COc2ccc(/C(=C(/CC(F)(F)F)c3ccccc3)c3ccc4n[nH]c(F)c4c3)cn2)CC1)N1CCO[C@@H](CO)C1. The predicted molar refractivity (Wildman–Crippen MR) is 172 cm³/mol. The molecule has 2 N–H and O–H groups in total. The summed E-state index contributed by atoms with van der Waals surface area (Å²) in [6.45, 7) is 1.57. The molecule has 0 radical (unpaired) electrons. The molecule has 12 heteroatoms. The number of benzene rings is 2. The van der Waals surface area contributed by atoms with Crippen LogP contribution in [0.2, 0.25) is 0 Å². The van der Waals surface area contributed by atoms with E-state index in [0.717, 1.165) is 19.3 Å². The van der Waals surface area contributed by atoms with E-state index in [4.69, 9.17) is 9.47 Å². The summed E-state index contributed by atoms with van der Waals surface area (Å²) in [5.41, 5.74) is 1.86. The summed E-state index contributed by atoms with van der Waals surface area (Å²) >= 11 is 0. The lowest BCUT2D eigenvalue weighted by Gasteiger charge is -2.31. The van der Waals surface area contributed by atoms with Gasteiger partial charge in [0.25, 0.3) is 0 Å². The van der Waals surface area contributed by atoms with Gasteiger partial charge in [0.1, 0.15) is 0 Å². The van der Waals surface area contributed by atoms with Crippen LogP contribution in [-0.4, -0.2) is 76.3 Å². The lowest BCUT2D eigenvalue weighted by atomic mass is 9.88. The second-order valence-corrected chi connectivity index (χ2v) is 12.4. The minimum atomic E-state index is -4.51. The maximum atomic E-state index is 14.5. The second kappa shape index (κ2) is 14.3. The minimum Gasteiger partial charge on any atom is -0.477 e. The van der Waals surface area contributed by atoms with Crippen LogP contribution in [0.4, 0.5) is 17.6 Å². The third-order valence-corrected chi connectivity index (χ3v) is 8.86. The number of ether oxygens (including phenoxy) is 2. The summed E-state index contributed by atoms with van der Waals surface area (Å²) in [6, 6.07) is 16.3. The fourth-order valence-corrected chi connectivity index (χ4v) is 6.02. The zero-order chi connectivity index (χ0) is 33.7. The van der Waals surface area contributed by atoms with Gasteiger partial charge in [-0.2, -0.15) is 22.7 Å². The number of aromatic nitrogens is 3. The van der Waals surface area contributed by atoms with Crippen LogP contribution < -0.4 is 4.74 Å². The fraction of sp³-hybridized carbons (Fsp3) is 0.361. The molecule has 2 aromatic heterocycles. The lowest BCUT2D eigenvalue weighted by Crippen LogP contribution is -2.46. The summed E-state index contributed by atoms with van der Waals surface area (Å²) in [5, 5.41) is 15.7. The Balaban J connectivity index is 1.18. The Morgan fingerprint density at radius 1 is 1.10 bits per heavy atom. The van der Waals surface area contributed by atoms with Gasteiger partial charge in [-0.25, -0.2) is 4.98 Å². The van der Waals surface area contributed by atoms with Gasteiger partial charge in [0.2, 0.25) is 17.7 Å². The molecule has 2 fully saturated rings. The number of alkyl halides is 3. The number of pyridine rings is 1. The topological polar surface area (TPSA) is 101 Å². The zero-order valence-corrected chi connectivity index (χ0v) is 26.2. The Morgan fingerprint density at radius 3 is 2.60 bits per heavy atom. The van der Waals surface area contributed by atoms with Crippen molar-refractivity contribution in [3.8, 4) is 5.88 Å². The number of halogens is 4. The number of aliphatic hydroxyl groups excluding tert-OH is 1. The molecule has 0 spiro atoms. The number of fused-ring (bicyclic) bond motifs is 1. The summed E-state index contributed by atoms with van der Waals surface area (Å²) < 4.78 is 68.0. The van der Waals surface area contributed by atoms with E-state index in [1.54, 1.807) is 65.6 Å². The van der Waals surface area contributed by atoms with Gasteiger partial charge in [-0.3, -0.25) is 9.89 Å². The summed E-state index contributed by atoms with van der Waals surface area (Å²) in [5.74, 6) is -0.431. The number of hydrogen-bond donors (Lipinski definition) is 2. The highest BCUT2D eigenvalue weighted by molar-refractivity contribution is 6.00. The van der Waals surface area contributed by atoms with E-state index in [-0.39, 0.29) is 40.6 Å². The van der Waals surface area contributed by atoms with Crippen LogP contribution in [0.5, 0.6) is 5.88 Å². The van der Waals surface area contributed by atoms with E-state index >= 15 is 0 Å². The molecule has 3 heterocycles. The average molecular weight is 665 g/mol. The minimum absolute atomic E-state index is 0.0307. The number of nitrogens with one attached hydrogen (secondary N) is 1. The Bertz CT molecular complexity index is 1780. The number of amides is 1. The molecule has 8 nitrogen and oxygen atoms in total. The molecule has 1 saturated carbocycles. The van der Waals surface area contributed by atoms with Gasteiger partial charge in [-0.05, 0) is 72.2 Å². The Kier molecular flexibility index (Phi) is 9.93. The Labute approximate surface area is 275 Å². The van der Waals surface area contributed by atoms with Crippen molar-refractivity contribution in [2.45, 2.75) is 44.4 Å². The number of aromatic amines is 1. The van der Waals surface area contributed by atoms with Crippen LogP contribution in [0.15, 0.2) is 79.0 Å². The quantitative estimate of drug-likeness (QED) is 0.0991. The standard InChI is InChI=1S/C36H36F4N4O4/c37-34-28-18-25(9-11-30(28)42-43-34)33(29(19-36(38,39)40)24-6-2-1-3-7-24)26-10-12-31(41-20-26)48-23-35(14-15-35)13-5-4-8-32(46)44-16-17-47-27(21-44)22-45/h1-4,6-12,18,20,27,45H,5,13-17,19,21-23H2,(H,42,43)/b8-4+,33-29-/t27-/m1/s1. The molecule has 2 aliphatic rings. The van der Waals surface area contributed by atoms with Gasteiger partial charge in [-0.1, -0.05) is 42.5 Å². The molecule has 252 valence electrons. The number of carbonyl (C=O) groups is 1. The normalized spacial score (nSPS) is 18.3. The van der Waals surface area contributed by atoms with E-state index in [0.29, 0.717) is 60.8 Å². The van der Waals surface area contributed by atoms with Crippen LogP contribution in [0.25, 0.3) is 22.0 Å². The molecule has 1 aliphatic heterocycles. The lowest BCUT2D eigenvalue weighted by molar-refractivity contribution is -0.135. The molecular weight excluding hydrogens is 628 g/mol. The molecule has 48 heavy (non-hydrogen) atoms. The van der Waals surface area contributed by atoms with Gasteiger partial charge in [-0.15, -0.1) is 0 Å². The smallest absolute Gasteiger partial charge is 0.393 e. The first-order valence-electron chi connectivity index (χ1n) is 15.9. The molecule has 4 aromatic rings. The largest absolute Gasteiger partial charge is 0.477 e.